The van der Waals surface area contributed by atoms with Crippen molar-refractivity contribution < 1.29 is 26.1 Å². The van der Waals surface area contributed by atoms with Crippen molar-refractivity contribution in [1.82, 2.24) is 19.9 Å². The Labute approximate surface area is 170 Å². The third-order valence-electron chi connectivity index (χ3n) is 5.23. The van der Waals surface area contributed by atoms with Crippen molar-refractivity contribution in [2.75, 3.05) is 12.0 Å². The first-order valence-electron chi connectivity index (χ1n) is 9.23. The van der Waals surface area contributed by atoms with E-state index in [1.807, 2.05) is 31.2 Å². The Bertz CT molecular complexity index is 1190. The molecule has 1 aliphatic carbocycles. The molecule has 11 heteroatoms. The van der Waals surface area contributed by atoms with Crippen LogP contribution < -0.4 is 0 Å². The first-order chi connectivity index (χ1) is 14.0. The highest BCUT2D eigenvalue weighted by molar-refractivity contribution is 7.90. The second-order valence-electron chi connectivity index (χ2n) is 7.59. The summed E-state index contributed by atoms with van der Waals surface area (Å²) >= 11 is 0. The third-order valence-corrected chi connectivity index (χ3v) is 6.15. The van der Waals surface area contributed by atoms with Crippen molar-refractivity contribution >= 4 is 9.84 Å². The minimum Gasteiger partial charge on any atom is -0.332 e. The van der Waals surface area contributed by atoms with E-state index in [-0.39, 0.29) is 23.9 Å². The lowest BCUT2D eigenvalue weighted by Crippen LogP contribution is -2.15. The van der Waals surface area contributed by atoms with Gasteiger partial charge in [-0.25, -0.2) is 8.42 Å². The summed E-state index contributed by atoms with van der Waals surface area (Å²) in [4.78, 5) is 4.38. The van der Waals surface area contributed by atoms with Crippen molar-refractivity contribution in [3.8, 4) is 11.6 Å². The van der Waals surface area contributed by atoms with Crippen LogP contribution >= 0.6 is 0 Å². The molecule has 0 N–H and O–H groups in total. The summed E-state index contributed by atoms with van der Waals surface area (Å²) in [5, 5.41) is 7.56. The molecule has 2 aromatic heterocycles. The molecule has 30 heavy (non-hydrogen) atoms. The van der Waals surface area contributed by atoms with E-state index >= 15 is 0 Å². The Morgan fingerprint density at radius 3 is 2.53 bits per heavy atom. The Morgan fingerprint density at radius 1 is 1.23 bits per heavy atom. The van der Waals surface area contributed by atoms with E-state index in [4.69, 9.17) is 4.52 Å². The number of rotatable bonds is 6. The van der Waals surface area contributed by atoms with E-state index < -0.39 is 27.1 Å². The fraction of sp³-hybridized carbons (Fsp3) is 0.421. The van der Waals surface area contributed by atoms with Crippen LogP contribution in [0.25, 0.3) is 11.6 Å². The highest BCUT2D eigenvalue weighted by Gasteiger charge is 2.51. The molecule has 0 radical (unpaired) electrons. The highest BCUT2D eigenvalue weighted by Crippen LogP contribution is 2.53. The SMILES string of the molecule is Cc1ccccc1C1(c2noc(-c3cc(C(F)(F)F)nn3CCS(C)(=O)=O)n2)CC1. The van der Waals surface area contributed by atoms with Gasteiger partial charge in [-0.05, 0) is 30.9 Å². The maximum atomic E-state index is 13.2. The molecule has 0 atom stereocenters. The Hall–Kier alpha value is -2.69. The van der Waals surface area contributed by atoms with Crippen molar-refractivity contribution in [3.05, 3.63) is 53.0 Å². The Kier molecular flexibility index (Phi) is 4.75. The molecule has 1 aromatic carbocycles. The van der Waals surface area contributed by atoms with Crippen LogP contribution in [0.1, 0.15) is 35.5 Å². The molecule has 1 fully saturated rings. The van der Waals surface area contributed by atoms with Crippen molar-refractivity contribution in [2.45, 2.75) is 37.9 Å². The molecule has 160 valence electrons. The summed E-state index contributed by atoms with van der Waals surface area (Å²) in [6.07, 6.45) is -2.08. The molecule has 0 unspecified atom stereocenters. The average molecular weight is 440 g/mol. The molecule has 1 saturated carbocycles. The minimum atomic E-state index is -4.69. The number of aromatic nitrogens is 4. The number of aryl methyl sites for hydroxylation is 2. The monoisotopic (exact) mass is 440 g/mol. The molecule has 0 amide bonds. The summed E-state index contributed by atoms with van der Waals surface area (Å²) in [6, 6.07) is 8.60. The van der Waals surface area contributed by atoms with Crippen LogP contribution in [0, 0.1) is 6.92 Å². The lowest BCUT2D eigenvalue weighted by molar-refractivity contribution is -0.141. The van der Waals surface area contributed by atoms with Crippen molar-refractivity contribution in [1.29, 1.82) is 0 Å². The fourth-order valence-electron chi connectivity index (χ4n) is 3.52. The van der Waals surface area contributed by atoms with Crippen LogP contribution in [-0.2, 0) is 28.0 Å². The zero-order valence-corrected chi connectivity index (χ0v) is 17.1. The lowest BCUT2D eigenvalue weighted by atomic mass is 9.91. The number of hydrogen-bond acceptors (Lipinski definition) is 6. The van der Waals surface area contributed by atoms with Gasteiger partial charge in [-0.15, -0.1) is 0 Å². The lowest BCUT2D eigenvalue weighted by Gasteiger charge is -2.13. The first-order valence-corrected chi connectivity index (χ1v) is 11.3. The average Bonchev–Trinajstić information content (AvgIpc) is 3.11. The van der Waals surface area contributed by atoms with Gasteiger partial charge in [-0.1, -0.05) is 29.4 Å². The van der Waals surface area contributed by atoms with Gasteiger partial charge in [0.25, 0.3) is 5.89 Å². The number of halogens is 3. The molecule has 4 rings (SSSR count). The summed E-state index contributed by atoms with van der Waals surface area (Å²) in [6.45, 7) is 1.72. The summed E-state index contributed by atoms with van der Waals surface area (Å²) in [5.74, 6) is -0.0924. The van der Waals surface area contributed by atoms with Gasteiger partial charge in [0, 0.05) is 12.3 Å². The van der Waals surface area contributed by atoms with Crippen LogP contribution in [-0.4, -0.2) is 40.3 Å². The number of alkyl halides is 3. The summed E-state index contributed by atoms with van der Waals surface area (Å²) < 4.78 is 68.7. The minimum absolute atomic E-state index is 0.0645. The van der Waals surface area contributed by atoms with Crippen LogP contribution in [0.4, 0.5) is 13.2 Å². The van der Waals surface area contributed by atoms with Gasteiger partial charge >= 0.3 is 6.18 Å². The first kappa shape index (κ1) is 20.6. The van der Waals surface area contributed by atoms with Crippen LogP contribution in [0.2, 0.25) is 0 Å². The molecular formula is C19H19F3N4O3S. The van der Waals surface area contributed by atoms with Gasteiger partial charge < -0.3 is 4.52 Å². The van der Waals surface area contributed by atoms with E-state index in [2.05, 4.69) is 15.2 Å². The molecular weight excluding hydrogens is 421 g/mol. The third kappa shape index (κ3) is 3.85. The normalized spacial score (nSPS) is 16.0. The van der Waals surface area contributed by atoms with Crippen LogP contribution in [0.5, 0.6) is 0 Å². The summed E-state index contributed by atoms with van der Waals surface area (Å²) in [5.41, 5.74) is 0.492. The number of sulfone groups is 1. The van der Waals surface area contributed by atoms with Gasteiger partial charge in [0.2, 0.25) is 0 Å². The number of hydrogen-bond donors (Lipinski definition) is 0. The Balaban J connectivity index is 1.72. The topological polar surface area (TPSA) is 90.9 Å². The maximum absolute atomic E-state index is 13.2. The fourth-order valence-corrected chi connectivity index (χ4v) is 4.02. The molecule has 2 heterocycles. The van der Waals surface area contributed by atoms with Gasteiger partial charge in [0.1, 0.15) is 15.5 Å². The quantitative estimate of drug-likeness (QED) is 0.584. The van der Waals surface area contributed by atoms with Crippen LogP contribution in [0.15, 0.2) is 34.9 Å². The van der Waals surface area contributed by atoms with Crippen LogP contribution in [0.3, 0.4) is 0 Å². The Morgan fingerprint density at radius 2 is 1.93 bits per heavy atom. The molecule has 0 saturated heterocycles. The predicted molar refractivity (Wildman–Crippen MR) is 101 cm³/mol. The van der Waals surface area contributed by atoms with E-state index in [9.17, 15) is 21.6 Å². The second kappa shape index (κ2) is 6.93. The van der Waals surface area contributed by atoms with Gasteiger partial charge in [-0.3, -0.25) is 4.68 Å². The van der Waals surface area contributed by atoms with E-state index in [0.717, 1.165) is 41.0 Å². The molecule has 7 nitrogen and oxygen atoms in total. The van der Waals surface area contributed by atoms with Crippen molar-refractivity contribution in [2.24, 2.45) is 0 Å². The van der Waals surface area contributed by atoms with E-state index in [1.54, 1.807) is 0 Å². The highest BCUT2D eigenvalue weighted by atomic mass is 32.2. The number of nitrogens with zero attached hydrogens (tertiary/aromatic N) is 4. The zero-order valence-electron chi connectivity index (χ0n) is 16.3. The van der Waals surface area contributed by atoms with E-state index in [1.165, 1.54) is 0 Å². The molecule has 0 spiro atoms. The molecule has 3 aromatic rings. The zero-order chi connectivity index (χ0) is 21.7. The largest absolute Gasteiger partial charge is 0.435 e. The standard InChI is InChI=1S/C19H19F3N4O3S/c1-12-5-3-4-6-13(12)18(7-8-18)17-23-16(29-25-17)14-11-15(19(20,21)22)24-26(14)9-10-30(2,27)28/h3-6,11H,7-10H2,1-2H3. The van der Waals surface area contributed by atoms with Gasteiger partial charge in [0.05, 0.1) is 17.7 Å². The molecule has 1 aliphatic rings. The number of benzene rings is 1. The smallest absolute Gasteiger partial charge is 0.332 e. The van der Waals surface area contributed by atoms with Gasteiger partial charge in [0.15, 0.2) is 11.5 Å². The predicted octanol–water partition coefficient (Wildman–Crippen LogP) is 3.38. The molecule has 0 bridgehead atoms. The maximum Gasteiger partial charge on any atom is 0.435 e. The van der Waals surface area contributed by atoms with Crippen molar-refractivity contribution in [3.63, 3.8) is 0 Å². The summed E-state index contributed by atoms with van der Waals surface area (Å²) in [7, 11) is -3.41. The second-order valence-corrected chi connectivity index (χ2v) is 9.85. The van der Waals surface area contributed by atoms with Gasteiger partial charge in [-0.2, -0.15) is 23.3 Å². The van der Waals surface area contributed by atoms with E-state index in [0.29, 0.717) is 5.82 Å². The molecule has 0 aliphatic heterocycles.